The van der Waals surface area contributed by atoms with Gasteiger partial charge in [-0.05, 0) is 44.7 Å². The van der Waals surface area contributed by atoms with E-state index in [0.29, 0.717) is 0 Å². The second kappa shape index (κ2) is 8.54. The lowest BCUT2D eigenvalue weighted by atomic mass is 9.90. The van der Waals surface area contributed by atoms with Crippen LogP contribution >= 0.6 is 0 Å². The zero-order valence-corrected chi connectivity index (χ0v) is 17.6. The quantitative estimate of drug-likeness (QED) is 0.740. The molecule has 158 valence electrons. The number of sulfonamides is 1. The number of rotatable bonds is 5. The van der Waals surface area contributed by atoms with Crippen LogP contribution in [0.25, 0.3) is 0 Å². The molecule has 1 atom stereocenters. The molecule has 0 saturated heterocycles. The largest absolute Gasteiger partial charge is 0.343 e. The van der Waals surface area contributed by atoms with Gasteiger partial charge in [-0.15, -0.1) is 0 Å². The topological polar surface area (TPSA) is 113 Å². The zero-order valence-electron chi connectivity index (χ0n) is 16.7. The summed E-state index contributed by atoms with van der Waals surface area (Å²) >= 11 is 0. The highest BCUT2D eigenvalue weighted by Gasteiger charge is 2.38. The molecule has 1 aromatic rings. The smallest absolute Gasteiger partial charge is 0.264 e. The maximum Gasteiger partial charge on any atom is 0.264 e. The van der Waals surface area contributed by atoms with Crippen molar-refractivity contribution >= 4 is 21.8 Å². The molecule has 29 heavy (non-hydrogen) atoms. The number of carbonyl (C=O) groups excluding carboxylic acids is 2. The minimum absolute atomic E-state index is 0.0617. The van der Waals surface area contributed by atoms with Crippen LogP contribution in [0.4, 0.5) is 0 Å². The molecule has 1 aliphatic carbocycles. The van der Waals surface area contributed by atoms with Crippen molar-refractivity contribution in [1.82, 2.24) is 14.5 Å². The molecule has 2 amide bonds. The van der Waals surface area contributed by atoms with Gasteiger partial charge in [-0.1, -0.05) is 17.7 Å². The van der Waals surface area contributed by atoms with Gasteiger partial charge in [-0.3, -0.25) is 13.9 Å². The number of amides is 2. The van der Waals surface area contributed by atoms with E-state index in [4.69, 9.17) is 5.73 Å². The van der Waals surface area contributed by atoms with Crippen LogP contribution in [-0.2, 0) is 19.6 Å². The number of nitrogens with one attached hydrogen (secondary N) is 1. The van der Waals surface area contributed by atoms with E-state index in [-0.39, 0.29) is 29.3 Å². The maximum absolute atomic E-state index is 13.1. The van der Waals surface area contributed by atoms with Gasteiger partial charge >= 0.3 is 0 Å². The van der Waals surface area contributed by atoms with Crippen LogP contribution in [0, 0.1) is 6.92 Å². The van der Waals surface area contributed by atoms with E-state index in [2.05, 4.69) is 5.32 Å². The second-order valence-corrected chi connectivity index (χ2v) is 9.61. The molecule has 1 saturated carbocycles. The van der Waals surface area contributed by atoms with Crippen molar-refractivity contribution in [1.29, 1.82) is 0 Å². The van der Waals surface area contributed by atoms with Crippen LogP contribution < -0.4 is 11.1 Å². The molecule has 0 spiro atoms. The summed E-state index contributed by atoms with van der Waals surface area (Å²) in [6, 6.07) is 5.49. The number of benzene rings is 1. The number of aryl methyl sites for hydroxylation is 1. The van der Waals surface area contributed by atoms with Gasteiger partial charge in [0.05, 0.1) is 11.3 Å². The Hall–Kier alpha value is -2.39. The fourth-order valence-corrected chi connectivity index (χ4v) is 5.22. The van der Waals surface area contributed by atoms with E-state index in [1.807, 2.05) is 6.92 Å². The van der Waals surface area contributed by atoms with Gasteiger partial charge < -0.3 is 16.0 Å². The lowest BCUT2D eigenvalue weighted by Gasteiger charge is -2.36. The molecule has 3 rings (SSSR count). The fourth-order valence-electron chi connectivity index (χ4n) is 3.77. The van der Waals surface area contributed by atoms with Crippen LogP contribution in [-0.4, -0.2) is 54.6 Å². The second-order valence-electron chi connectivity index (χ2n) is 7.77. The average molecular weight is 421 g/mol. The number of nitrogens with zero attached hydrogens (tertiary/aromatic N) is 2. The molecule has 3 N–H and O–H groups in total. The van der Waals surface area contributed by atoms with Crippen LogP contribution in [0.1, 0.15) is 37.7 Å². The first-order chi connectivity index (χ1) is 13.7. The first-order valence-electron chi connectivity index (χ1n) is 9.78. The number of nitrogens with two attached hydrogens (primary N) is 1. The Morgan fingerprint density at radius 1 is 1.21 bits per heavy atom. The van der Waals surface area contributed by atoms with Crippen molar-refractivity contribution in [3.8, 4) is 0 Å². The van der Waals surface area contributed by atoms with Crippen LogP contribution in [0.3, 0.4) is 0 Å². The normalized spacial score (nSPS) is 24.9. The highest BCUT2D eigenvalue weighted by molar-refractivity contribution is 7.89. The van der Waals surface area contributed by atoms with Gasteiger partial charge in [0.25, 0.3) is 10.0 Å². The Bertz CT molecular complexity index is 890. The third-order valence-electron chi connectivity index (χ3n) is 5.70. The SMILES string of the molecule is Cc1ccc(S(=O)(=O)N2C=CNC(=O)[C@H]2CC(=O)N(C)[C@H]2CC[C@@H](N)CC2)cc1. The standard InChI is InChI=1S/C20H28N4O4S/c1-14-3-9-17(10-4-14)29(27,28)24-12-11-22-20(26)18(24)13-19(25)23(2)16-7-5-15(21)6-8-16/h3-4,9-12,15-16,18H,5-8,13,21H2,1-2H3,(H,22,26)/t15-,16+,18-/m1/s1. The highest BCUT2D eigenvalue weighted by Crippen LogP contribution is 2.25. The lowest BCUT2D eigenvalue weighted by Crippen LogP contribution is -2.52. The summed E-state index contributed by atoms with van der Waals surface area (Å²) in [7, 11) is -2.26. The Balaban J connectivity index is 1.78. The van der Waals surface area contributed by atoms with Crippen molar-refractivity contribution in [3.63, 3.8) is 0 Å². The van der Waals surface area contributed by atoms with Gasteiger partial charge in [-0.25, -0.2) is 8.42 Å². The molecule has 0 aromatic heterocycles. The summed E-state index contributed by atoms with van der Waals surface area (Å²) in [5.74, 6) is -0.777. The lowest BCUT2D eigenvalue weighted by molar-refractivity contribution is -0.136. The fraction of sp³-hybridized carbons (Fsp3) is 0.500. The summed E-state index contributed by atoms with van der Waals surface area (Å²) in [6.45, 7) is 1.86. The summed E-state index contributed by atoms with van der Waals surface area (Å²) in [4.78, 5) is 27.0. The third kappa shape index (κ3) is 4.62. The molecule has 8 nitrogen and oxygen atoms in total. The number of hydrogen-bond donors (Lipinski definition) is 2. The Kier molecular flexibility index (Phi) is 6.28. The van der Waals surface area contributed by atoms with E-state index in [9.17, 15) is 18.0 Å². The van der Waals surface area contributed by atoms with Gasteiger partial charge in [0.15, 0.2) is 0 Å². The number of carbonyl (C=O) groups is 2. The molecule has 1 heterocycles. The highest BCUT2D eigenvalue weighted by atomic mass is 32.2. The summed E-state index contributed by atoms with van der Waals surface area (Å²) < 4.78 is 27.2. The summed E-state index contributed by atoms with van der Waals surface area (Å²) in [6.07, 6.45) is 5.68. The maximum atomic E-state index is 13.1. The Morgan fingerprint density at radius 2 is 1.83 bits per heavy atom. The third-order valence-corrected chi connectivity index (χ3v) is 7.50. The molecule has 1 fully saturated rings. The van der Waals surface area contributed by atoms with Crippen molar-refractivity contribution in [2.75, 3.05) is 7.05 Å². The van der Waals surface area contributed by atoms with Crippen molar-refractivity contribution in [2.24, 2.45) is 5.73 Å². The van der Waals surface area contributed by atoms with Crippen LogP contribution in [0.15, 0.2) is 41.6 Å². The molecular weight excluding hydrogens is 392 g/mol. The van der Waals surface area contributed by atoms with E-state index in [1.165, 1.54) is 24.5 Å². The molecule has 1 aliphatic heterocycles. The molecule has 0 unspecified atom stereocenters. The Morgan fingerprint density at radius 3 is 2.45 bits per heavy atom. The minimum atomic E-state index is -3.97. The monoisotopic (exact) mass is 420 g/mol. The summed E-state index contributed by atoms with van der Waals surface area (Å²) in [5.41, 5.74) is 6.86. The molecule has 0 radical (unpaired) electrons. The van der Waals surface area contributed by atoms with E-state index in [1.54, 1.807) is 24.1 Å². The number of hydrogen-bond acceptors (Lipinski definition) is 5. The van der Waals surface area contributed by atoms with Crippen LogP contribution in [0.5, 0.6) is 0 Å². The molecule has 0 bridgehead atoms. The predicted molar refractivity (Wildman–Crippen MR) is 109 cm³/mol. The van der Waals surface area contributed by atoms with E-state index < -0.39 is 22.0 Å². The molecular formula is C20H28N4O4S. The Labute approximate surface area is 171 Å². The molecule has 9 heteroatoms. The van der Waals surface area contributed by atoms with Gasteiger partial charge in [0.1, 0.15) is 6.04 Å². The minimum Gasteiger partial charge on any atom is -0.343 e. The molecule has 2 aliphatic rings. The first-order valence-corrected chi connectivity index (χ1v) is 11.2. The van der Waals surface area contributed by atoms with Crippen LogP contribution in [0.2, 0.25) is 0 Å². The van der Waals surface area contributed by atoms with Crippen molar-refractivity contribution in [2.45, 2.75) is 62.0 Å². The average Bonchev–Trinajstić information content (AvgIpc) is 2.69. The zero-order chi connectivity index (χ0) is 21.2. The predicted octanol–water partition coefficient (Wildman–Crippen LogP) is 1.07. The van der Waals surface area contributed by atoms with Gasteiger partial charge in [0, 0.05) is 31.5 Å². The van der Waals surface area contributed by atoms with Crippen molar-refractivity contribution in [3.05, 3.63) is 42.2 Å². The van der Waals surface area contributed by atoms with E-state index in [0.717, 1.165) is 35.6 Å². The van der Waals surface area contributed by atoms with Gasteiger partial charge in [0.2, 0.25) is 11.8 Å². The molecule has 1 aromatic carbocycles. The first kappa shape index (κ1) is 21.3. The van der Waals surface area contributed by atoms with Crippen molar-refractivity contribution < 1.29 is 18.0 Å². The van der Waals surface area contributed by atoms with Gasteiger partial charge in [-0.2, -0.15) is 0 Å². The van der Waals surface area contributed by atoms with E-state index >= 15 is 0 Å². The summed E-state index contributed by atoms with van der Waals surface area (Å²) in [5, 5.41) is 2.51.